The molecule has 0 aliphatic carbocycles. The number of para-hydroxylation sites is 1. The van der Waals surface area contributed by atoms with E-state index in [9.17, 15) is 18.0 Å². The normalized spacial score (nSPS) is 15.5. The van der Waals surface area contributed by atoms with Crippen molar-refractivity contribution in [1.82, 2.24) is 29.1 Å². The zero-order chi connectivity index (χ0) is 22.2. The summed E-state index contributed by atoms with van der Waals surface area (Å²) in [4.78, 5) is 21.1. The minimum atomic E-state index is -4.68. The largest absolute Gasteiger partial charge is 0.435 e. The number of aromatic nitrogens is 4. The molecule has 1 aromatic carbocycles. The van der Waals surface area contributed by atoms with Gasteiger partial charge in [0.05, 0.1) is 17.3 Å². The number of carbonyl (C=O) groups is 1. The Morgan fingerprint density at radius 1 is 1.16 bits per heavy atom. The van der Waals surface area contributed by atoms with Crippen LogP contribution in [0.25, 0.3) is 5.69 Å². The first-order chi connectivity index (χ1) is 14.7. The van der Waals surface area contributed by atoms with E-state index in [0.29, 0.717) is 32.7 Å². The third-order valence-corrected chi connectivity index (χ3v) is 5.56. The van der Waals surface area contributed by atoms with Gasteiger partial charge in [-0.15, -0.1) is 0 Å². The quantitative estimate of drug-likeness (QED) is 0.610. The molecule has 1 amide bonds. The summed E-state index contributed by atoms with van der Waals surface area (Å²) >= 11 is 6.16. The average molecular weight is 453 g/mol. The zero-order valence-corrected chi connectivity index (χ0v) is 17.4. The smallest absolute Gasteiger partial charge is 0.337 e. The van der Waals surface area contributed by atoms with Crippen molar-refractivity contribution < 1.29 is 18.0 Å². The Kier molecular flexibility index (Phi) is 5.76. The lowest BCUT2D eigenvalue weighted by molar-refractivity contribution is -0.141. The van der Waals surface area contributed by atoms with E-state index in [4.69, 9.17) is 11.6 Å². The molecule has 1 aliphatic rings. The molecule has 1 saturated heterocycles. The number of amides is 1. The number of carbonyl (C=O) groups excluding carboxylic acids is 1. The summed E-state index contributed by atoms with van der Waals surface area (Å²) in [5, 5.41) is 3.84. The fourth-order valence-corrected chi connectivity index (χ4v) is 3.71. The van der Waals surface area contributed by atoms with Crippen LogP contribution in [0.3, 0.4) is 0 Å². The number of alkyl halides is 3. The number of nitrogens with zero attached hydrogens (tertiary/aromatic N) is 6. The van der Waals surface area contributed by atoms with Crippen molar-refractivity contribution in [2.45, 2.75) is 12.7 Å². The first-order valence-electron chi connectivity index (χ1n) is 9.64. The van der Waals surface area contributed by atoms with Crippen LogP contribution < -0.4 is 0 Å². The third-order valence-electron chi connectivity index (χ3n) is 5.25. The Balaban J connectivity index is 1.55. The van der Waals surface area contributed by atoms with Gasteiger partial charge in [0.15, 0.2) is 5.69 Å². The molecule has 1 aliphatic heterocycles. The second-order valence-corrected chi connectivity index (χ2v) is 7.71. The first-order valence-corrected chi connectivity index (χ1v) is 10.0. The van der Waals surface area contributed by atoms with Crippen LogP contribution in [0, 0.1) is 0 Å². The van der Waals surface area contributed by atoms with Crippen molar-refractivity contribution in [2.24, 2.45) is 7.05 Å². The zero-order valence-electron chi connectivity index (χ0n) is 16.7. The lowest BCUT2D eigenvalue weighted by Gasteiger charge is -2.34. The molecule has 0 radical (unpaired) electrons. The van der Waals surface area contributed by atoms with Crippen molar-refractivity contribution in [3.8, 4) is 5.69 Å². The first kappa shape index (κ1) is 21.4. The van der Waals surface area contributed by atoms with Gasteiger partial charge in [0.1, 0.15) is 11.5 Å². The van der Waals surface area contributed by atoms with Crippen LogP contribution in [-0.2, 0) is 19.8 Å². The monoisotopic (exact) mass is 452 g/mol. The number of rotatable bonds is 4. The Morgan fingerprint density at radius 3 is 2.48 bits per heavy atom. The number of benzene rings is 1. The molecule has 31 heavy (non-hydrogen) atoms. The molecule has 0 bridgehead atoms. The van der Waals surface area contributed by atoms with Crippen molar-refractivity contribution in [3.63, 3.8) is 0 Å². The maximum Gasteiger partial charge on any atom is 0.435 e. The van der Waals surface area contributed by atoms with Crippen molar-refractivity contribution in [1.29, 1.82) is 0 Å². The summed E-state index contributed by atoms with van der Waals surface area (Å²) in [5.41, 5.74) is -1.08. The predicted octanol–water partition coefficient (Wildman–Crippen LogP) is 3.24. The molecule has 0 unspecified atom stereocenters. The Labute approximate surface area is 181 Å². The third kappa shape index (κ3) is 4.45. The SMILES string of the molecule is Cn1ccnc1CN1CCN(C(=O)c2cc(C(F)(F)F)nn2-c2ccccc2Cl)CC1. The van der Waals surface area contributed by atoms with E-state index in [1.165, 1.54) is 12.1 Å². The highest BCUT2D eigenvalue weighted by Gasteiger charge is 2.37. The van der Waals surface area contributed by atoms with Crippen LogP contribution in [0.15, 0.2) is 42.7 Å². The Morgan fingerprint density at radius 2 is 1.87 bits per heavy atom. The molecule has 1 fully saturated rings. The molecular weight excluding hydrogens is 433 g/mol. The molecule has 4 rings (SSSR count). The van der Waals surface area contributed by atoms with Crippen molar-refractivity contribution in [3.05, 3.63) is 65.0 Å². The minimum Gasteiger partial charge on any atom is -0.337 e. The summed E-state index contributed by atoms with van der Waals surface area (Å²) < 4.78 is 42.9. The van der Waals surface area contributed by atoms with Gasteiger partial charge in [-0.3, -0.25) is 9.69 Å². The fraction of sp³-hybridized carbons (Fsp3) is 0.350. The van der Waals surface area contributed by atoms with E-state index in [-0.39, 0.29) is 16.4 Å². The van der Waals surface area contributed by atoms with Gasteiger partial charge in [0, 0.05) is 51.7 Å². The maximum absolute atomic E-state index is 13.3. The van der Waals surface area contributed by atoms with Gasteiger partial charge in [0.25, 0.3) is 5.91 Å². The van der Waals surface area contributed by atoms with Gasteiger partial charge in [-0.25, -0.2) is 9.67 Å². The summed E-state index contributed by atoms with van der Waals surface area (Å²) in [7, 11) is 1.91. The lowest BCUT2D eigenvalue weighted by atomic mass is 10.2. The second-order valence-electron chi connectivity index (χ2n) is 7.30. The number of piperazine rings is 1. The molecule has 0 N–H and O–H groups in total. The highest BCUT2D eigenvalue weighted by atomic mass is 35.5. The number of imidazole rings is 1. The van der Waals surface area contributed by atoms with Gasteiger partial charge in [-0.2, -0.15) is 18.3 Å². The topological polar surface area (TPSA) is 59.2 Å². The highest BCUT2D eigenvalue weighted by molar-refractivity contribution is 6.32. The van der Waals surface area contributed by atoms with Gasteiger partial charge >= 0.3 is 6.18 Å². The molecule has 0 saturated carbocycles. The summed E-state index contributed by atoms with van der Waals surface area (Å²) in [6, 6.07) is 7.13. The van der Waals surface area contributed by atoms with E-state index in [0.717, 1.165) is 16.6 Å². The van der Waals surface area contributed by atoms with Crippen molar-refractivity contribution in [2.75, 3.05) is 26.2 Å². The molecule has 7 nitrogen and oxygen atoms in total. The summed E-state index contributed by atoms with van der Waals surface area (Å²) in [6.07, 6.45) is -1.09. The second kappa shape index (κ2) is 8.35. The Hall–Kier alpha value is -2.85. The molecule has 3 aromatic rings. The van der Waals surface area contributed by atoms with Crippen LogP contribution in [0.2, 0.25) is 5.02 Å². The molecule has 164 valence electrons. The predicted molar refractivity (Wildman–Crippen MR) is 108 cm³/mol. The fourth-order valence-electron chi connectivity index (χ4n) is 3.50. The Bertz CT molecular complexity index is 1080. The van der Waals surface area contributed by atoms with E-state index < -0.39 is 17.8 Å². The number of hydrogen-bond donors (Lipinski definition) is 0. The van der Waals surface area contributed by atoms with E-state index in [1.54, 1.807) is 23.2 Å². The highest BCUT2D eigenvalue weighted by Crippen LogP contribution is 2.31. The van der Waals surface area contributed by atoms with E-state index in [1.807, 2.05) is 17.8 Å². The molecule has 0 spiro atoms. The molecule has 0 atom stereocenters. The molecule has 2 aromatic heterocycles. The van der Waals surface area contributed by atoms with Crippen molar-refractivity contribution >= 4 is 17.5 Å². The van der Waals surface area contributed by atoms with Gasteiger partial charge in [-0.1, -0.05) is 23.7 Å². The molecular formula is C20H20ClF3N6O. The minimum absolute atomic E-state index is 0.169. The average Bonchev–Trinajstić information content (AvgIpc) is 3.35. The van der Waals surface area contributed by atoms with Crippen LogP contribution >= 0.6 is 11.6 Å². The standard InChI is InChI=1S/C20H20ClF3N6O/c1-27-7-6-25-18(27)13-28-8-10-29(11-9-28)19(31)16-12-17(20(22,23)24)26-30(16)15-5-3-2-4-14(15)21/h2-7,12H,8-11,13H2,1H3. The van der Waals surface area contributed by atoms with E-state index >= 15 is 0 Å². The van der Waals surface area contributed by atoms with Crippen LogP contribution in [0.5, 0.6) is 0 Å². The van der Waals surface area contributed by atoms with Crippen LogP contribution in [-0.4, -0.2) is 61.2 Å². The van der Waals surface area contributed by atoms with Crippen LogP contribution in [0.1, 0.15) is 22.0 Å². The number of halogens is 4. The molecule has 11 heteroatoms. The summed E-state index contributed by atoms with van der Waals surface area (Å²) in [6.45, 7) is 2.59. The van der Waals surface area contributed by atoms with E-state index in [2.05, 4.69) is 15.0 Å². The van der Waals surface area contributed by atoms with Gasteiger partial charge < -0.3 is 9.47 Å². The van der Waals surface area contributed by atoms with Gasteiger partial charge in [-0.05, 0) is 12.1 Å². The number of aryl methyl sites for hydroxylation is 1. The number of hydrogen-bond acceptors (Lipinski definition) is 4. The lowest BCUT2D eigenvalue weighted by Crippen LogP contribution is -2.48. The maximum atomic E-state index is 13.3. The van der Waals surface area contributed by atoms with Gasteiger partial charge in [0.2, 0.25) is 0 Å². The molecule has 3 heterocycles. The van der Waals surface area contributed by atoms with Crippen LogP contribution in [0.4, 0.5) is 13.2 Å². The summed E-state index contributed by atoms with van der Waals surface area (Å²) in [5.74, 6) is 0.394.